The molecule has 0 N–H and O–H groups in total. The van der Waals surface area contributed by atoms with Gasteiger partial charge in [-0.2, -0.15) is 0 Å². The van der Waals surface area contributed by atoms with Crippen LogP contribution in [0.1, 0.15) is 290 Å². The number of ether oxygens (including phenoxy) is 3. The quantitative estimate of drug-likeness (QED) is 0.0262. The molecule has 0 radical (unpaired) electrons. The number of carbonyl (C=O) groups is 3. The van der Waals surface area contributed by atoms with Crippen molar-refractivity contribution in [2.45, 2.75) is 297 Å². The fraction of sp³-hybridized carbons (Fsp3) is 0.787. The zero-order valence-corrected chi connectivity index (χ0v) is 44.4. The molecule has 0 aliphatic carbocycles. The molecule has 6 heteroatoms. The SMILES string of the molecule is CC/C=C\C/C=C\C/C=C\C/C=C\C/C=C\CCCCCCCCCCCCCCCCCCCC(=O)OCC(COC(=O)CCCCCCC)OC(=O)CCCCCCCCCCCCC. The van der Waals surface area contributed by atoms with E-state index in [1.807, 2.05) is 0 Å². The van der Waals surface area contributed by atoms with E-state index in [9.17, 15) is 14.4 Å². The molecule has 0 spiro atoms. The highest BCUT2D eigenvalue weighted by atomic mass is 16.6. The summed E-state index contributed by atoms with van der Waals surface area (Å²) in [6.07, 6.45) is 69.9. The average molecular weight is 938 g/mol. The van der Waals surface area contributed by atoms with Crippen LogP contribution >= 0.6 is 0 Å². The maximum Gasteiger partial charge on any atom is 0.306 e. The van der Waals surface area contributed by atoms with Gasteiger partial charge in [-0.25, -0.2) is 0 Å². The first-order chi connectivity index (χ1) is 33.0. The van der Waals surface area contributed by atoms with Crippen LogP contribution in [0.3, 0.4) is 0 Å². The predicted octanol–water partition coefficient (Wildman–Crippen LogP) is 19.2. The molecule has 0 aromatic rings. The number of esters is 3. The lowest BCUT2D eigenvalue weighted by Crippen LogP contribution is -2.30. The fourth-order valence-electron chi connectivity index (χ4n) is 8.24. The third-order valence-electron chi connectivity index (χ3n) is 12.5. The van der Waals surface area contributed by atoms with Gasteiger partial charge in [-0.1, -0.05) is 268 Å². The lowest BCUT2D eigenvalue weighted by atomic mass is 10.0. The van der Waals surface area contributed by atoms with Crippen LogP contribution in [-0.4, -0.2) is 37.2 Å². The summed E-state index contributed by atoms with van der Waals surface area (Å²) in [5.74, 6) is -0.874. The van der Waals surface area contributed by atoms with E-state index in [-0.39, 0.29) is 31.1 Å². The summed E-state index contributed by atoms with van der Waals surface area (Å²) in [5, 5.41) is 0. The predicted molar refractivity (Wildman–Crippen MR) is 288 cm³/mol. The van der Waals surface area contributed by atoms with Gasteiger partial charge in [-0.05, 0) is 64.2 Å². The van der Waals surface area contributed by atoms with E-state index in [1.54, 1.807) is 0 Å². The highest BCUT2D eigenvalue weighted by molar-refractivity contribution is 5.71. The largest absolute Gasteiger partial charge is 0.462 e. The van der Waals surface area contributed by atoms with Crippen molar-refractivity contribution in [1.82, 2.24) is 0 Å². The van der Waals surface area contributed by atoms with Gasteiger partial charge < -0.3 is 14.2 Å². The molecule has 0 heterocycles. The zero-order valence-electron chi connectivity index (χ0n) is 44.4. The fourth-order valence-corrected chi connectivity index (χ4v) is 8.24. The average Bonchev–Trinajstić information content (AvgIpc) is 3.33. The molecule has 0 saturated carbocycles. The molecule has 0 fully saturated rings. The van der Waals surface area contributed by atoms with Crippen molar-refractivity contribution in [3.8, 4) is 0 Å². The van der Waals surface area contributed by atoms with Crippen molar-refractivity contribution in [3.05, 3.63) is 60.8 Å². The third-order valence-corrected chi connectivity index (χ3v) is 12.5. The molecule has 0 rings (SSSR count). The van der Waals surface area contributed by atoms with Crippen LogP contribution in [0.25, 0.3) is 0 Å². The van der Waals surface area contributed by atoms with Gasteiger partial charge in [0.25, 0.3) is 0 Å². The minimum Gasteiger partial charge on any atom is -0.462 e. The smallest absolute Gasteiger partial charge is 0.306 e. The van der Waals surface area contributed by atoms with Crippen LogP contribution in [0.15, 0.2) is 60.8 Å². The van der Waals surface area contributed by atoms with Crippen molar-refractivity contribution < 1.29 is 28.6 Å². The Bertz CT molecular complexity index is 1210. The van der Waals surface area contributed by atoms with Gasteiger partial charge in [0.1, 0.15) is 13.2 Å². The molecule has 1 atom stereocenters. The molecule has 0 saturated heterocycles. The molecular formula is C61H108O6. The summed E-state index contributed by atoms with van der Waals surface area (Å²) in [6, 6.07) is 0. The van der Waals surface area contributed by atoms with Crippen LogP contribution in [0.4, 0.5) is 0 Å². The van der Waals surface area contributed by atoms with Crippen LogP contribution < -0.4 is 0 Å². The summed E-state index contributed by atoms with van der Waals surface area (Å²) in [7, 11) is 0. The van der Waals surface area contributed by atoms with Gasteiger partial charge in [0.15, 0.2) is 6.10 Å². The van der Waals surface area contributed by atoms with E-state index in [0.29, 0.717) is 19.3 Å². The van der Waals surface area contributed by atoms with Crippen molar-refractivity contribution in [2.75, 3.05) is 13.2 Å². The molecule has 0 bridgehead atoms. The Morgan fingerprint density at radius 3 is 0.910 bits per heavy atom. The Labute approximate surface area is 415 Å². The Morgan fingerprint density at radius 2 is 0.582 bits per heavy atom. The maximum absolute atomic E-state index is 12.7. The van der Waals surface area contributed by atoms with Gasteiger partial charge in [0, 0.05) is 19.3 Å². The first-order valence-corrected chi connectivity index (χ1v) is 28.8. The Balaban J connectivity index is 3.88. The molecule has 1 unspecified atom stereocenters. The van der Waals surface area contributed by atoms with Gasteiger partial charge >= 0.3 is 17.9 Å². The maximum atomic E-state index is 12.7. The molecule has 0 aliphatic rings. The molecule has 0 aliphatic heterocycles. The van der Waals surface area contributed by atoms with Gasteiger partial charge in [-0.15, -0.1) is 0 Å². The Morgan fingerprint density at radius 1 is 0.313 bits per heavy atom. The monoisotopic (exact) mass is 937 g/mol. The third kappa shape index (κ3) is 53.9. The molecule has 0 amide bonds. The lowest BCUT2D eigenvalue weighted by molar-refractivity contribution is -0.167. The standard InChI is InChI=1S/C61H108O6/c1-4-7-10-13-15-17-19-20-21-22-23-24-25-26-27-28-29-30-31-32-33-34-35-36-37-38-39-40-42-43-45-48-51-54-60(63)66-57-58(56-65-59(62)53-50-47-12-9-6-3)67-61(64)55-52-49-46-44-41-18-16-14-11-8-5-2/h7,10,15,17,20-21,23-24,26-27,58H,4-6,8-9,11-14,16,18-19,22,25,28-57H2,1-3H3/b10-7-,17-15-,21-20-,24-23-,27-26-. The summed E-state index contributed by atoms with van der Waals surface area (Å²) in [5.41, 5.74) is 0. The van der Waals surface area contributed by atoms with Crippen LogP contribution in [0.2, 0.25) is 0 Å². The number of hydrogen-bond acceptors (Lipinski definition) is 6. The number of carbonyl (C=O) groups excluding carboxylic acids is 3. The van der Waals surface area contributed by atoms with Gasteiger partial charge in [0.05, 0.1) is 0 Å². The summed E-state index contributed by atoms with van der Waals surface area (Å²) in [4.78, 5) is 37.6. The van der Waals surface area contributed by atoms with E-state index in [4.69, 9.17) is 14.2 Å². The lowest BCUT2D eigenvalue weighted by Gasteiger charge is -2.18. The highest BCUT2D eigenvalue weighted by Crippen LogP contribution is 2.16. The van der Waals surface area contributed by atoms with E-state index in [2.05, 4.69) is 81.5 Å². The number of rotatable bonds is 52. The first kappa shape index (κ1) is 64.1. The van der Waals surface area contributed by atoms with Crippen molar-refractivity contribution in [2.24, 2.45) is 0 Å². The van der Waals surface area contributed by atoms with E-state index >= 15 is 0 Å². The number of hydrogen-bond donors (Lipinski definition) is 0. The molecule has 388 valence electrons. The molecule has 67 heavy (non-hydrogen) atoms. The highest BCUT2D eigenvalue weighted by Gasteiger charge is 2.19. The number of unbranched alkanes of at least 4 members (excludes halogenated alkanes) is 31. The van der Waals surface area contributed by atoms with Crippen molar-refractivity contribution in [1.29, 1.82) is 0 Å². The van der Waals surface area contributed by atoms with Crippen LogP contribution in [0, 0.1) is 0 Å². The Kier molecular flexibility index (Phi) is 53.3. The van der Waals surface area contributed by atoms with Crippen LogP contribution in [-0.2, 0) is 28.6 Å². The minimum absolute atomic E-state index is 0.0694. The molecule has 0 aromatic carbocycles. The second kappa shape index (κ2) is 55.7. The first-order valence-electron chi connectivity index (χ1n) is 28.8. The van der Waals surface area contributed by atoms with E-state index < -0.39 is 6.10 Å². The van der Waals surface area contributed by atoms with Crippen molar-refractivity contribution >= 4 is 17.9 Å². The van der Waals surface area contributed by atoms with Gasteiger partial charge in [0.2, 0.25) is 0 Å². The summed E-state index contributed by atoms with van der Waals surface area (Å²) in [6.45, 7) is 6.45. The number of allylic oxidation sites excluding steroid dienone is 10. The Hall–Kier alpha value is -2.89. The molecule has 6 nitrogen and oxygen atoms in total. The molecular weight excluding hydrogens is 829 g/mol. The zero-order chi connectivity index (χ0) is 48.6. The minimum atomic E-state index is -0.764. The van der Waals surface area contributed by atoms with Crippen molar-refractivity contribution in [3.63, 3.8) is 0 Å². The van der Waals surface area contributed by atoms with E-state index in [1.165, 1.54) is 154 Å². The summed E-state index contributed by atoms with van der Waals surface area (Å²) >= 11 is 0. The second-order valence-electron chi connectivity index (χ2n) is 19.2. The topological polar surface area (TPSA) is 78.9 Å². The van der Waals surface area contributed by atoms with Crippen LogP contribution in [0.5, 0.6) is 0 Å². The second-order valence-corrected chi connectivity index (χ2v) is 19.2. The van der Waals surface area contributed by atoms with Gasteiger partial charge in [-0.3, -0.25) is 14.4 Å². The van der Waals surface area contributed by atoms with E-state index in [0.717, 1.165) is 96.3 Å². The normalized spacial score (nSPS) is 12.5. The molecule has 0 aromatic heterocycles. The summed E-state index contributed by atoms with van der Waals surface area (Å²) < 4.78 is 16.7.